The minimum Gasteiger partial charge on any atom is -0.384 e. The number of nitrogens with one attached hydrogen (secondary N) is 1. The highest BCUT2D eigenvalue weighted by Crippen LogP contribution is 2.29. The largest absolute Gasteiger partial charge is 0.433 e. The average molecular weight is 445 g/mol. The number of hydrogen-bond acceptors (Lipinski definition) is 5. The van der Waals surface area contributed by atoms with E-state index < -0.39 is 11.9 Å². The molecule has 31 heavy (non-hydrogen) atoms. The van der Waals surface area contributed by atoms with Gasteiger partial charge in [0.25, 0.3) is 0 Å². The molecule has 3 rings (SSSR count). The molecule has 0 bridgehead atoms. The van der Waals surface area contributed by atoms with Crippen LogP contribution in [-0.4, -0.2) is 68.3 Å². The summed E-state index contributed by atoms with van der Waals surface area (Å²) in [6.07, 6.45) is 2.26. The Morgan fingerprint density at radius 3 is 2.42 bits per heavy atom. The molecule has 1 saturated carbocycles. The Labute approximate surface area is 183 Å². The summed E-state index contributed by atoms with van der Waals surface area (Å²) in [6.45, 7) is 6.77. The number of halogens is 3. The van der Waals surface area contributed by atoms with E-state index >= 15 is 0 Å². The van der Waals surface area contributed by atoms with Crippen molar-refractivity contribution in [1.29, 1.82) is 0 Å². The molecule has 1 aliphatic carbocycles. The lowest BCUT2D eigenvalue weighted by Gasteiger charge is -2.34. The van der Waals surface area contributed by atoms with Gasteiger partial charge in [-0.1, -0.05) is 32.3 Å². The monoisotopic (exact) mass is 444 g/mol. The van der Waals surface area contributed by atoms with Gasteiger partial charge in [-0.05, 0) is 31.5 Å². The fourth-order valence-corrected chi connectivity index (χ4v) is 3.79. The van der Waals surface area contributed by atoms with Crippen molar-refractivity contribution in [2.75, 3.05) is 51.3 Å². The van der Waals surface area contributed by atoms with Crippen molar-refractivity contribution in [1.82, 2.24) is 15.2 Å². The summed E-state index contributed by atoms with van der Waals surface area (Å²) in [4.78, 5) is 19.2. The van der Waals surface area contributed by atoms with Crippen molar-refractivity contribution in [3.63, 3.8) is 0 Å². The Morgan fingerprint density at radius 1 is 1.16 bits per heavy atom. The molecule has 0 spiro atoms. The van der Waals surface area contributed by atoms with Crippen molar-refractivity contribution in [3.05, 3.63) is 23.9 Å². The molecule has 176 valence electrons. The van der Waals surface area contributed by atoms with Gasteiger partial charge in [-0.3, -0.25) is 4.79 Å². The van der Waals surface area contributed by atoms with Gasteiger partial charge in [-0.25, -0.2) is 4.98 Å². The van der Waals surface area contributed by atoms with E-state index in [0.29, 0.717) is 24.9 Å². The Kier molecular flexibility index (Phi) is 10.5. The number of hydrogen-bond donors (Lipinski definition) is 1. The summed E-state index contributed by atoms with van der Waals surface area (Å²) in [5.41, 5.74) is -0.821. The van der Waals surface area contributed by atoms with E-state index in [1.165, 1.54) is 25.3 Å². The third-order valence-electron chi connectivity index (χ3n) is 5.67. The van der Waals surface area contributed by atoms with Crippen LogP contribution in [0.5, 0.6) is 0 Å². The van der Waals surface area contributed by atoms with Gasteiger partial charge in [0.2, 0.25) is 5.91 Å². The maximum Gasteiger partial charge on any atom is 0.433 e. The first-order chi connectivity index (χ1) is 14.8. The van der Waals surface area contributed by atoms with Gasteiger partial charge in [0, 0.05) is 45.8 Å². The Bertz CT molecular complexity index is 658. The van der Waals surface area contributed by atoms with E-state index in [1.54, 1.807) is 13.2 Å². The van der Waals surface area contributed by atoms with E-state index in [0.717, 1.165) is 51.6 Å². The lowest BCUT2D eigenvalue weighted by molar-refractivity contribution is -0.141. The molecule has 1 amide bonds. The Balaban J connectivity index is 0.000000233. The molecule has 1 aromatic heterocycles. The number of carbonyl (C=O) groups excluding carboxylic acids is 1. The van der Waals surface area contributed by atoms with E-state index in [9.17, 15) is 18.0 Å². The quantitative estimate of drug-likeness (QED) is 0.725. The molecule has 0 unspecified atom stereocenters. The number of amides is 1. The van der Waals surface area contributed by atoms with Crippen LogP contribution in [0.2, 0.25) is 0 Å². The van der Waals surface area contributed by atoms with Crippen LogP contribution in [0.3, 0.4) is 0 Å². The normalized spacial score (nSPS) is 18.3. The maximum absolute atomic E-state index is 12.6. The smallest absolute Gasteiger partial charge is 0.384 e. The molecule has 1 aliphatic heterocycles. The fraction of sp³-hybridized carbons (Fsp3) is 0.727. The van der Waals surface area contributed by atoms with Crippen LogP contribution < -0.4 is 10.2 Å². The molecule has 9 heteroatoms. The Hall–Kier alpha value is -1.87. The highest BCUT2D eigenvalue weighted by Gasteiger charge is 2.33. The predicted octanol–water partition coefficient (Wildman–Crippen LogP) is 3.71. The van der Waals surface area contributed by atoms with Gasteiger partial charge < -0.3 is 19.9 Å². The summed E-state index contributed by atoms with van der Waals surface area (Å²) < 4.78 is 42.5. The van der Waals surface area contributed by atoms with Crippen molar-refractivity contribution < 1.29 is 22.7 Å². The summed E-state index contributed by atoms with van der Waals surface area (Å²) in [5, 5.41) is 3.03. The second-order valence-electron chi connectivity index (χ2n) is 7.95. The van der Waals surface area contributed by atoms with Gasteiger partial charge in [0.05, 0.1) is 6.61 Å². The Morgan fingerprint density at radius 2 is 1.84 bits per heavy atom. The zero-order valence-electron chi connectivity index (χ0n) is 18.6. The van der Waals surface area contributed by atoms with Gasteiger partial charge >= 0.3 is 6.18 Å². The zero-order valence-corrected chi connectivity index (χ0v) is 18.6. The molecule has 0 atom stereocenters. The van der Waals surface area contributed by atoms with Crippen molar-refractivity contribution in [2.24, 2.45) is 0 Å². The number of anilines is 1. The molecular weight excluding hydrogens is 409 g/mol. The van der Waals surface area contributed by atoms with Crippen LogP contribution in [0.25, 0.3) is 0 Å². The number of methoxy groups -OCH3 is 1. The number of nitrogens with zero attached hydrogens (tertiary/aromatic N) is 3. The second-order valence-corrected chi connectivity index (χ2v) is 7.95. The molecule has 1 N–H and O–H groups in total. The first-order valence-corrected chi connectivity index (χ1v) is 11.1. The average Bonchev–Trinajstić information content (AvgIpc) is 2.78. The SMILES string of the molecule is CCN1CCN(c2cccc(C(F)(F)F)n2)CC1.COCCC(=O)NC1CCCCC1. The summed E-state index contributed by atoms with van der Waals surface area (Å²) >= 11 is 0. The highest BCUT2D eigenvalue weighted by molar-refractivity contribution is 5.76. The third-order valence-corrected chi connectivity index (χ3v) is 5.67. The molecule has 0 aromatic carbocycles. The van der Waals surface area contributed by atoms with Crippen molar-refractivity contribution in [2.45, 2.75) is 57.7 Å². The third kappa shape index (κ3) is 9.03. The first-order valence-electron chi connectivity index (χ1n) is 11.1. The summed E-state index contributed by atoms with van der Waals surface area (Å²) in [5.74, 6) is 0.550. The van der Waals surface area contributed by atoms with E-state index in [2.05, 4.69) is 22.1 Å². The zero-order chi connectivity index (χ0) is 22.7. The van der Waals surface area contributed by atoms with Crippen LogP contribution in [0, 0.1) is 0 Å². The van der Waals surface area contributed by atoms with E-state index in [1.807, 2.05) is 4.90 Å². The fourth-order valence-electron chi connectivity index (χ4n) is 3.79. The van der Waals surface area contributed by atoms with Crippen LogP contribution in [0.1, 0.15) is 51.1 Å². The lowest BCUT2D eigenvalue weighted by Crippen LogP contribution is -2.46. The number of rotatable bonds is 6. The van der Waals surface area contributed by atoms with Crippen LogP contribution in [0.15, 0.2) is 18.2 Å². The van der Waals surface area contributed by atoms with Crippen LogP contribution >= 0.6 is 0 Å². The molecule has 1 aromatic rings. The summed E-state index contributed by atoms with van der Waals surface area (Å²) in [7, 11) is 1.62. The molecule has 0 radical (unpaired) electrons. The second kappa shape index (κ2) is 12.9. The first kappa shape index (κ1) is 25.4. The molecule has 2 heterocycles. The standard InChI is InChI=1S/C12H16F3N3.C10H19NO2/c1-2-17-6-8-18(9-7-17)11-5-3-4-10(16-11)12(13,14)15;1-13-8-7-10(12)11-9-5-3-2-4-6-9/h3-5H,2,6-9H2,1H3;9H,2-8H2,1H3,(H,11,12). The highest BCUT2D eigenvalue weighted by atomic mass is 19.4. The topological polar surface area (TPSA) is 57.7 Å². The summed E-state index contributed by atoms with van der Waals surface area (Å²) in [6, 6.07) is 4.48. The molecule has 2 fully saturated rings. The van der Waals surface area contributed by atoms with Gasteiger partial charge in [-0.2, -0.15) is 13.2 Å². The number of ether oxygens (including phenoxy) is 1. The number of piperazine rings is 1. The molecular formula is C22H35F3N4O2. The number of alkyl halides is 3. The number of carbonyl (C=O) groups is 1. The predicted molar refractivity (Wildman–Crippen MR) is 115 cm³/mol. The molecule has 6 nitrogen and oxygen atoms in total. The van der Waals surface area contributed by atoms with Crippen LogP contribution in [-0.2, 0) is 15.7 Å². The number of aromatic nitrogens is 1. The van der Waals surface area contributed by atoms with Crippen molar-refractivity contribution >= 4 is 11.7 Å². The minimum atomic E-state index is -4.37. The minimum absolute atomic E-state index is 0.133. The van der Waals surface area contributed by atoms with E-state index in [-0.39, 0.29) is 5.91 Å². The van der Waals surface area contributed by atoms with Gasteiger partial charge in [-0.15, -0.1) is 0 Å². The molecule has 2 aliphatic rings. The van der Waals surface area contributed by atoms with Crippen molar-refractivity contribution in [3.8, 4) is 0 Å². The lowest BCUT2D eigenvalue weighted by atomic mass is 9.95. The van der Waals surface area contributed by atoms with Gasteiger partial charge in [0.15, 0.2) is 0 Å². The number of likely N-dealkylation sites (N-methyl/N-ethyl adjacent to an activating group) is 1. The maximum atomic E-state index is 12.6. The molecule has 1 saturated heterocycles. The number of pyridine rings is 1. The van der Waals surface area contributed by atoms with E-state index in [4.69, 9.17) is 4.74 Å². The van der Waals surface area contributed by atoms with Crippen LogP contribution in [0.4, 0.5) is 19.0 Å². The van der Waals surface area contributed by atoms with Gasteiger partial charge in [0.1, 0.15) is 11.5 Å².